The minimum atomic E-state index is -4.96. The van der Waals surface area contributed by atoms with Crippen LogP contribution in [0.2, 0.25) is 0 Å². The van der Waals surface area contributed by atoms with Crippen LogP contribution >= 0.6 is 11.3 Å². The van der Waals surface area contributed by atoms with Gasteiger partial charge in [-0.15, -0.1) is 24.5 Å². The van der Waals surface area contributed by atoms with E-state index in [1.807, 2.05) is 0 Å². The largest absolute Gasteiger partial charge is 0.573 e. The molecular formula is C23H19F7N2O2S. The highest BCUT2D eigenvalue weighted by Gasteiger charge is 2.49. The van der Waals surface area contributed by atoms with Crippen LogP contribution in [0.4, 0.5) is 36.4 Å². The lowest BCUT2D eigenvalue weighted by molar-refractivity contribution is -0.274. The maximum absolute atomic E-state index is 15.0. The van der Waals surface area contributed by atoms with Crippen molar-refractivity contribution in [2.45, 2.75) is 37.4 Å². The van der Waals surface area contributed by atoms with E-state index in [0.29, 0.717) is 10.7 Å². The van der Waals surface area contributed by atoms with Gasteiger partial charge in [-0.1, -0.05) is 24.3 Å². The number of ether oxygens (including phenoxy) is 1. The Kier molecular flexibility index (Phi) is 6.47. The number of halogens is 7. The minimum absolute atomic E-state index is 0.0794. The number of aromatic nitrogens is 1. The Balaban J connectivity index is 1.87. The highest BCUT2D eigenvalue weighted by Crippen LogP contribution is 2.49. The molecule has 2 aromatic carbocycles. The Morgan fingerprint density at radius 2 is 1.86 bits per heavy atom. The van der Waals surface area contributed by atoms with Gasteiger partial charge in [0.15, 0.2) is 6.10 Å². The van der Waals surface area contributed by atoms with Gasteiger partial charge in [0.25, 0.3) is 0 Å². The van der Waals surface area contributed by atoms with Gasteiger partial charge < -0.3 is 14.7 Å². The number of thiazole rings is 1. The summed E-state index contributed by atoms with van der Waals surface area (Å²) < 4.78 is 97.2. The third kappa shape index (κ3) is 5.22. The number of fused-ring (bicyclic) bond motifs is 1. The summed E-state index contributed by atoms with van der Waals surface area (Å²) in [5, 5.41) is 12.1. The second-order valence-electron chi connectivity index (χ2n) is 8.29. The predicted octanol–water partition coefficient (Wildman–Crippen LogP) is 5.76. The number of alkyl halides is 6. The topological polar surface area (TPSA) is 45.6 Å². The Labute approximate surface area is 199 Å². The van der Waals surface area contributed by atoms with E-state index in [9.17, 15) is 31.4 Å². The lowest BCUT2D eigenvalue weighted by Gasteiger charge is -2.32. The van der Waals surface area contributed by atoms with E-state index in [4.69, 9.17) is 0 Å². The number of nitrogens with zero attached hydrogens (tertiary/aromatic N) is 2. The Bertz CT molecular complexity index is 1210. The van der Waals surface area contributed by atoms with Crippen LogP contribution in [0.15, 0.2) is 47.8 Å². The highest BCUT2D eigenvalue weighted by atomic mass is 32.1. The molecule has 2 heterocycles. The molecule has 0 fully saturated rings. The lowest BCUT2D eigenvalue weighted by atomic mass is 9.73. The molecule has 0 amide bonds. The normalized spacial score (nSPS) is 19.1. The van der Waals surface area contributed by atoms with Gasteiger partial charge in [-0.2, -0.15) is 13.2 Å². The standard InChI is InChI=1S/C23H19F7N2O2S/c1-13-11-35-19(31-13)9-21(14-4-2-5-15(8-14)34-23(28,29)30)12-32(10-18(33)22(25,26)27)20-16(21)6-3-7-17(20)24/h2-8,11,18,33H,9-10,12H2,1H3. The molecule has 2 atom stereocenters. The van der Waals surface area contributed by atoms with Crippen molar-refractivity contribution in [3.05, 3.63) is 75.5 Å². The molecule has 0 saturated heterocycles. The third-order valence-corrected chi connectivity index (χ3v) is 6.76. The van der Waals surface area contributed by atoms with Gasteiger partial charge in [0.1, 0.15) is 11.6 Å². The van der Waals surface area contributed by atoms with Crippen LogP contribution in [-0.4, -0.2) is 41.8 Å². The smallest absolute Gasteiger partial charge is 0.406 e. The molecule has 0 radical (unpaired) electrons. The summed E-state index contributed by atoms with van der Waals surface area (Å²) in [5.74, 6) is -1.33. The van der Waals surface area contributed by atoms with E-state index in [0.717, 1.165) is 23.1 Å². The summed E-state index contributed by atoms with van der Waals surface area (Å²) in [6.45, 7) is 0.568. The number of para-hydroxylation sites is 1. The summed E-state index contributed by atoms with van der Waals surface area (Å²) in [4.78, 5) is 5.50. The van der Waals surface area contributed by atoms with Crippen LogP contribution in [0.5, 0.6) is 5.75 Å². The summed E-state index contributed by atoms with van der Waals surface area (Å²) in [6, 6.07) is 9.08. The number of anilines is 1. The average Bonchev–Trinajstić information content (AvgIpc) is 3.29. The second-order valence-corrected chi connectivity index (χ2v) is 9.23. The van der Waals surface area contributed by atoms with Gasteiger partial charge in [0, 0.05) is 29.5 Å². The first-order valence-corrected chi connectivity index (χ1v) is 11.2. The van der Waals surface area contributed by atoms with Gasteiger partial charge in [0.2, 0.25) is 0 Å². The average molecular weight is 520 g/mol. The third-order valence-electron chi connectivity index (χ3n) is 5.79. The van der Waals surface area contributed by atoms with E-state index in [1.54, 1.807) is 12.3 Å². The fourth-order valence-corrected chi connectivity index (χ4v) is 5.30. The number of hydrogen-bond acceptors (Lipinski definition) is 5. The highest BCUT2D eigenvalue weighted by molar-refractivity contribution is 7.09. The molecule has 4 nitrogen and oxygen atoms in total. The van der Waals surface area contributed by atoms with E-state index >= 15 is 4.39 Å². The van der Waals surface area contributed by atoms with Crippen molar-refractivity contribution in [2.75, 3.05) is 18.0 Å². The van der Waals surface area contributed by atoms with Crippen LogP contribution in [0.25, 0.3) is 0 Å². The first-order valence-electron chi connectivity index (χ1n) is 10.3. The zero-order valence-electron chi connectivity index (χ0n) is 18.1. The number of aliphatic hydroxyl groups is 1. The van der Waals surface area contributed by atoms with Gasteiger partial charge in [-0.05, 0) is 36.2 Å². The van der Waals surface area contributed by atoms with Gasteiger partial charge in [0.05, 0.1) is 17.2 Å². The number of rotatable bonds is 6. The number of benzene rings is 2. The molecule has 1 aliphatic heterocycles. The second kappa shape index (κ2) is 8.98. The van der Waals surface area contributed by atoms with Gasteiger partial charge >= 0.3 is 12.5 Å². The zero-order chi connectivity index (χ0) is 25.6. The number of β-amino-alcohol motifs (C(OH)–C–C–N with tert-alkyl or cyclic N) is 1. The number of hydrogen-bond donors (Lipinski definition) is 1. The molecule has 12 heteroatoms. The molecule has 0 spiro atoms. The molecule has 0 bridgehead atoms. The van der Waals surface area contributed by atoms with Crippen LogP contribution in [-0.2, 0) is 11.8 Å². The van der Waals surface area contributed by atoms with Crippen LogP contribution in [0.3, 0.4) is 0 Å². The number of aliphatic hydroxyl groups excluding tert-OH is 1. The van der Waals surface area contributed by atoms with Crippen molar-refractivity contribution >= 4 is 17.0 Å². The minimum Gasteiger partial charge on any atom is -0.406 e. The fourth-order valence-electron chi connectivity index (χ4n) is 4.41. The van der Waals surface area contributed by atoms with E-state index in [-0.39, 0.29) is 29.8 Å². The molecule has 1 aliphatic rings. The van der Waals surface area contributed by atoms with Crippen LogP contribution < -0.4 is 9.64 Å². The summed E-state index contributed by atoms with van der Waals surface area (Å²) in [6.07, 6.45) is -12.6. The quantitative estimate of drug-likeness (QED) is 0.420. The van der Waals surface area contributed by atoms with Crippen LogP contribution in [0.1, 0.15) is 21.8 Å². The molecule has 2 unspecified atom stereocenters. The van der Waals surface area contributed by atoms with Gasteiger partial charge in [-0.3, -0.25) is 0 Å². The molecule has 1 aromatic heterocycles. The lowest BCUT2D eigenvalue weighted by Crippen LogP contribution is -2.44. The van der Waals surface area contributed by atoms with Crippen molar-refractivity contribution in [3.63, 3.8) is 0 Å². The molecule has 35 heavy (non-hydrogen) atoms. The fraction of sp³-hybridized carbons (Fsp3) is 0.348. The van der Waals surface area contributed by atoms with E-state index in [2.05, 4.69) is 9.72 Å². The Morgan fingerprint density at radius 3 is 2.49 bits per heavy atom. The van der Waals surface area contributed by atoms with Crippen molar-refractivity contribution in [3.8, 4) is 5.75 Å². The molecule has 3 aromatic rings. The summed E-state index contributed by atoms with van der Waals surface area (Å²) in [7, 11) is 0. The monoisotopic (exact) mass is 520 g/mol. The molecule has 1 N–H and O–H groups in total. The number of aryl methyl sites for hydroxylation is 1. The Morgan fingerprint density at radius 1 is 1.14 bits per heavy atom. The molecule has 0 aliphatic carbocycles. The molecular weight excluding hydrogens is 501 g/mol. The first kappa shape index (κ1) is 25.2. The SMILES string of the molecule is Cc1csc(CC2(c3cccc(OC(F)(F)F)c3)CN(CC(O)C(F)(F)F)c3c(F)cccc32)n1. The first-order chi connectivity index (χ1) is 16.3. The Hall–Kier alpha value is -2.86. The molecule has 188 valence electrons. The van der Waals surface area contributed by atoms with E-state index < -0.39 is 42.2 Å². The summed E-state index contributed by atoms with van der Waals surface area (Å²) in [5.41, 5.74) is -0.160. The van der Waals surface area contributed by atoms with Crippen molar-refractivity contribution < 1.29 is 40.6 Å². The molecule has 0 saturated carbocycles. The summed E-state index contributed by atoms with van der Waals surface area (Å²) >= 11 is 1.28. The zero-order valence-corrected chi connectivity index (χ0v) is 18.9. The van der Waals surface area contributed by atoms with E-state index in [1.165, 1.54) is 35.6 Å². The van der Waals surface area contributed by atoms with Crippen LogP contribution in [0, 0.1) is 12.7 Å². The van der Waals surface area contributed by atoms with Gasteiger partial charge in [-0.25, -0.2) is 9.37 Å². The maximum Gasteiger partial charge on any atom is 0.573 e. The predicted molar refractivity (Wildman–Crippen MR) is 115 cm³/mol. The maximum atomic E-state index is 15.0. The van der Waals surface area contributed by atoms with Crippen molar-refractivity contribution in [1.82, 2.24) is 4.98 Å². The molecule has 4 rings (SSSR count). The van der Waals surface area contributed by atoms with Crippen molar-refractivity contribution in [2.24, 2.45) is 0 Å². The van der Waals surface area contributed by atoms with Crippen molar-refractivity contribution in [1.29, 1.82) is 0 Å².